The summed E-state index contributed by atoms with van der Waals surface area (Å²) in [6.07, 6.45) is 7.95. The molecular formula is C17H23N3. The summed E-state index contributed by atoms with van der Waals surface area (Å²) in [6, 6.07) is 9.26. The van der Waals surface area contributed by atoms with Crippen LogP contribution >= 0.6 is 0 Å². The summed E-state index contributed by atoms with van der Waals surface area (Å²) in [7, 11) is 2.03. The third-order valence-corrected chi connectivity index (χ3v) is 4.34. The second-order valence-electron chi connectivity index (χ2n) is 5.56. The molecule has 1 atom stereocenters. The maximum atomic E-state index is 4.60. The molecule has 0 aliphatic heterocycles. The molecule has 1 N–H and O–H groups in total. The van der Waals surface area contributed by atoms with Gasteiger partial charge >= 0.3 is 0 Å². The Labute approximate surface area is 121 Å². The predicted octanol–water partition coefficient (Wildman–Crippen LogP) is 3.42. The van der Waals surface area contributed by atoms with E-state index in [2.05, 4.69) is 46.1 Å². The lowest BCUT2D eigenvalue weighted by atomic mass is 10.0. The van der Waals surface area contributed by atoms with Crippen LogP contribution in [0.25, 0.3) is 5.69 Å². The average molecular weight is 269 g/mol. The Kier molecular flexibility index (Phi) is 3.88. The lowest BCUT2D eigenvalue weighted by molar-refractivity contribution is 0.576. The Bertz CT molecular complexity index is 582. The minimum atomic E-state index is 0.425. The van der Waals surface area contributed by atoms with Crippen LogP contribution in [0.2, 0.25) is 0 Å². The smallest absolute Gasteiger partial charge is 0.0997 e. The number of rotatable bonds is 4. The Balaban J connectivity index is 1.98. The average Bonchev–Trinajstić information content (AvgIpc) is 2.93. The van der Waals surface area contributed by atoms with Gasteiger partial charge in [0.05, 0.1) is 12.0 Å². The molecule has 1 aliphatic carbocycles. The van der Waals surface area contributed by atoms with Crippen molar-refractivity contribution in [3.8, 4) is 5.69 Å². The molecule has 0 saturated heterocycles. The number of aromatic nitrogens is 2. The Morgan fingerprint density at radius 2 is 2.15 bits per heavy atom. The fourth-order valence-corrected chi connectivity index (χ4v) is 3.19. The van der Waals surface area contributed by atoms with Crippen LogP contribution in [0.5, 0.6) is 0 Å². The van der Waals surface area contributed by atoms with E-state index in [1.165, 1.54) is 35.5 Å². The highest BCUT2D eigenvalue weighted by atomic mass is 15.1. The zero-order valence-corrected chi connectivity index (χ0v) is 12.4. The van der Waals surface area contributed by atoms with E-state index >= 15 is 0 Å². The molecule has 1 aliphatic rings. The van der Waals surface area contributed by atoms with Crippen LogP contribution in [0.15, 0.2) is 30.6 Å². The van der Waals surface area contributed by atoms with Crippen LogP contribution in [0, 0.1) is 0 Å². The molecule has 3 heteroatoms. The van der Waals surface area contributed by atoms with E-state index in [1.54, 1.807) is 0 Å². The van der Waals surface area contributed by atoms with Crippen LogP contribution in [0.3, 0.4) is 0 Å². The van der Waals surface area contributed by atoms with Crippen molar-refractivity contribution in [1.82, 2.24) is 14.9 Å². The highest BCUT2D eigenvalue weighted by molar-refractivity contribution is 5.40. The van der Waals surface area contributed by atoms with Crippen LogP contribution in [-0.2, 0) is 12.8 Å². The van der Waals surface area contributed by atoms with Crippen molar-refractivity contribution >= 4 is 0 Å². The van der Waals surface area contributed by atoms with Gasteiger partial charge in [-0.15, -0.1) is 0 Å². The predicted molar refractivity (Wildman–Crippen MR) is 82.3 cm³/mol. The number of nitrogens with one attached hydrogen (secondary N) is 1. The summed E-state index contributed by atoms with van der Waals surface area (Å²) >= 11 is 0. The van der Waals surface area contributed by atoms with E-state index in [-0.39, 0.29) is 0 Å². The van der Waals surface area contributed by atoms with Gasteiger partial charge in [0.1, 0.15) is 0 Å². The van der Waals surface area contributed by atoms with Crippen molar-refractivity contribution in [1.29, 1.82) is 0 Å². The van der Waals surface area contributed by atoms with Crippen LogP contribution in [0.4, 0.5) is 0 Å². The van der Waals surface area contributed by atoms with E-state index < -0.39 is 0 Å². The monoisotopic (exact) mass is 269 g/mol. The van der Waals surface area contributed by atoms with Gasteiger partial charge in [0.25, 0.3) is 0 Å². The first-order valence-electron chi connectivity index (χ1n) is 7.66. The van der Waals surface area contributed by atoms with E-state index in [4.69, 9.17) is 0 Å². The van der Waals surface area contributed by atoms with Gasteiger partial charge in [0.2, 0.25) is 0 Å². The summed E-state index contributed by atoms with van der Waals surface area (Å²) in [5.74, 6) is 0. The van der Waals surface area contributed by atoms with Gasteiger partial charge in [0.15, 0.2) is 0 Å². The maximum absolute atomic E-state index is 4.60. The van der Waals surface area contributed by atoms with Crippen molar-refractivity contribution in [2.24, 2.45) is 0 Å². The SMILES string of the molecule is CCC(NC)c1cccc(-n2cnc3c2CCCC3)c1. The van der Waals surface area contributed by atoms with Crippen molar-refractivity contribution in [2.45, 2.75) is 45.1 Å². The molecule has 20 heavy (non-hydrogen) atoms. The highest BCUT2D eigenvalue weighted by Gasteiger charge is 2.16. The van der Waals surface area contributed by atoms with E-state index in [9.17, 15) is 0 Å². The molecular weight excluding hydrogens is 246 g/mol. The molecule has 1 unspecified atom stereocenters. The molecule has 0 amide bonds. The molecule has 3 nitrogen and oxygen atoms in total. The summed E-state index contributed by atoms with van der Waals surface area (Å²) in [5.41, 5.74) is 5.30. The van der Waals surface area contributed by atoms with E-state index in [0.29, 0.717) is 6.04 Å². The standard InChI is InChI=1S/C17H23N3/c1-3-15(18-2)13-7-6-8-14(11-13)20-12-19-16-9-4-5-10-17(16)20/h6-8,11-12,15,18H,3-5,9-10H2,1-2H3. The molecule has 1 aromatic carbocycles. The van der Waals surface area contributed by atoms with Gasteiger partial charge in [-0.25, -0.2) is 4.98 Å². The van der Waals surface area contributed by atoms with Gasteiger partial charge in [-0.3, -0.25) is 0 Å². The fraction of sp³-hybridized carbons (Fsp3) is 0.471. The lowest BCUT2D eigenvalue weighted by Crippen LogP contribution is -2.15. The topological polar surface area (TPSA) is 29.9 Å². The third kappa shape index (κ3) is 2.38. The molecule has 0 radical (unpaired) electrons. The number of benzene rings is 1. The minimum absolute atomic E-state index is 0.425. The number of aryl methyl sites for hydroxylation is 1. The minimum Gasteiger partial charge on any atom is -0.313 e. The second kappa shape index (κ2) is 5.80. The first-order chi connectivity index (χ1) is 9.83. The van der Waals surface area contributed by atoms with E-state index in [0.717, 1.165) is 19.3 Å². The summed E-state index contributed by atoms with van der Waals surface area (Å²) in [5, 5.41) is 3.38. The van der Waals surface area contributed by atoms with Gasteiger partial charge in [-0.05, 0) is 56.8 Å². The normalized spacial score (nSPS) is 15.9. The van der Waals surface area contributed by atoms with Crippen LogP contribution < -0.4 is 5.32 Å². The summed E-state index contributed by atoms with van der Waals surface area (Å²) < 4.78 is 2.28. The highest BCUT2D eigenvalue weighted by Crippen LogP contribution is 2.25. The first kappa shape index (κ1) is 13.4. The summed E-state index contributed by atoms with van der Waals surface area (Å²) in [6.45, 7) is 2.22. The van der Waals surface area contributed by atoms with E-state index in [1.807, 2.05) is 13.4 Å². The van der Waals surface area contributed by atoms with Crippen LogP contribution in [-0.4, -0.2) is 16.6 Å². The Morgan fingerprint density at radius 3 is 2.95 bits per heavy atom. The molecule has 106 valence electrons. The lowest BCUT2D eigenvalue weighted by Gasteiger charge is -2.17. The first-order valence-corrected chi connectivity index (χ1v) is 7.66. The van der Waals surface area contributed by atoms with Gasteiger partial charge in [-0.2, -0.15) is 0 Å². The zero-order chi connectivity index (χ0) is 13.9. The summed E-state index contributed by atoms with van der Waals surface area (Å²) in [4.78, 5) is 4.60. The van der Waals surface area contributed by atoms with Gasteiger partial charge < -0.3 is 9.88 Å². The third-order valence-electron chi connectivity index (χ3n) is 4.34. The number of imidazole rings is 1. The molecule has 2 aromatic rings. The van der Waals surface area contributed by atoms with Crippen molar-refractivity contribution < 1.29 is 0 Å². The number of nitrogens with zero attached hydrogens (tertiary/aromatic N) is 2. The maximum Gasteiger partial charge on any atom is 0.0997 e. The zero-order valence-electron chi connectivity index (χ0n) is 12.4. The quantitative estimate of drug-likeness (QED) is 0.921. The Hall–Kier alpha value is -1.61. The van der Waals surface area contributed by atoms with Crippen molar-refractivity contribution in [2.75, 3.05) is 7.05 Å². The van der Waals surface area contributed by atoms with Gasteiger partial charge in [-0.1, -0.05) is 19.1 Å². The molecule has 0 saturated carbocycles. The molecule has 1 aromatic heterocycles. The van der Waals surface area contributed by atoms with Crippen molar-refractivity contribution in [3.05, 3.63) is 47.5 Å². The largest absolute Gasteiger partial charge is 0.313 e. The van der Waals surface area contributed by atoms with Gasteiger partial charge in [0, 0.05) is 17.4 Å². The molecule has 0 bridgehead atoms. The number of hydrogen-bond acceptors (Lipinski definition) is 2. The molecule has 0 spiro atoms. The molecule has 0 fully saturated rings. The molecule has 1 heterocycles. The molecule has 3 rings (SSSR count). The second-order valence-corrected chi connectivity index (χ2v) is 5.56. The Morgan fingerprint density at radius 1 is 1.30 bits per heavy atom. The number of hydrogen-bond donors (Lipinski definition) is 1. The number of fused-ring (bicyclic) bond motifs is 1. The van der Waals surface area contributed by atoms with Crippen LogP contribution in [0.1, 0.15) is 49.2 Å². The fourth-order valence-electron chi connectivity index (χ4n) is 3.19. The van der Waals surface area contributed by atoms with Crippen molar-refractivity contribution in [3.63, 3.8) is 0 Å².